The molecule has 0 unspecified atom stereocenters. The van der Waals surface area contributed by atoms with Crippen molar-refractivity contribution < 1.29 is 14.7 Å². The molecule has 0 spiro atoms. The van der Waals surface area contributed by atoms with Crippen LogP contribution >= 0.6 is 0 Å². The predicted octanol–water partition coefficient (Wildman–Crippen LogP) is 2.11. The van der Waals surface area contributed by atoms with E-state index in [0.29, 0.717) is 12.5 Å². The zero-order valence-corrected chi connectivity index (χ0v) is 12.4. The number of hydrogen-bond acceptors (Lipinski definition) is 3. The number of aromatic carboxylic acids is 1. The minimum absolute atomic E-state index is 0.00242. The van der Waals surface area contributed by atoms with Gasteiger partial charge in [0.05, 0.1) is 0 Å². The number of carbonyl (C=O) groups is 2. The van der Waals surface area contributed by atoms with E-state index in [4.69, 9.17) is 5.11 Å². The number of carbonyl (C=O) groups excluding carboxylic acids is 1. The van der Waals surface area contributed by atoms with Gasteiger partial charge in [0.15, 0.2) is 0 Å². The van der Waals surface area contributed by atoms with Crippen LogP contribution < -0.4 is 5.32 Å². The molecule has 0 aromatic carbocycles. The zero-order chi connectivity index (χ0) is 15.4. The molecule has 1 aliphatic carbocycles. The first-order valence-corrected chi connectivity index (χ1v) is 7.20. The largest absolute Gasteiger partial charge is 0.477 e. The average molecular weight is 291 g/mol. The Labute approximate surface area is 124 Å². The van der Waals surface area contributed by atoms with E-state index in [9.17, 15) is 9.59 Å². The molecule has 0 bridgehead atoms. The molecular formula is C15H21N3O3. The van der Waals surface area contributed by atoms with Crippen LogP contribution in [0.1, 0.15) is 42.7 Å². The number of rotatable bonds is 6. The van der Waals surface area contributed by atoms with E-state index >= 15 is 0 Å². The van der Waals surface area contributed by atoms with Gasteiger partial charge in [0, 0.05) is 25.3 Å². The normalized spacial score (nSPS) is 14.0. The summed E-state index contributed by atoms with van der Waals surface area (Å²) in [4.78, 5) is 28.6. The SMILES string of the molecule is CC(C)N(CC1CC1)C(=O)NCc1ccc(C(=O)O)nc1. The van der Waals surface area contributed by atoms with Crippen molar-refractivity contribution in [1.29, 1.82) is 0 Å². The number of carboxylic acids is 1. The Morgan fingerprint density at radius 3 is 2.62 bits per heavy atom. The molecule has 6 heteroatoms. The van der Waals surface area contributed by atoms with Gasteiger partial charge >= 0.3 is 12.0 Å². The third kappa shape index (κ3) is 4.44. The number of pyridine rings is 1. The highest BCUT2D eigenvalue weighted by molar-refractivity contribution is 5.85. The Kier molecular flexibility index (Phi) is 4.77. The minimum Gasteiger partial charge on any atom is -0.477 e. The van der Waals surface area contributed by atoms with Gasteiger partial charge in [-0.2, -0.15) is 0 Å². The first-order valence-electron chi connectivity index (χ1n) is 7.20. The molecule has 2 N–H and O–H groups in total. The minimum atomic E-state index is -1.05. The highest BCUT2D eigenvalue weighted by Crippen LogP contribution is 2.30. The molecule has 1 saturated carbocycles. The van der Waals surface area contributed by atoms with Crippen LogP contribution in [0.25, 0.3) is 0 Å². The number of hydrogen-bond donors (Lipinski definition) is 2. The van der Waals surface area contributed by atoms with E-state index < -0.39 is 5.97 Å². The molecule has 1 heterocycles. The summed E-state index contributed by atoms with van der Waals surface area (Å²) < 4.78 is 0. The van der Waals surface area contributed by atoms with Crippen LogP contribution in [-0.2, 0) is 6.54 Å². The van der Waals surface area contributed by atoms with Crippen molar-refractivity contribution in [3.8, 4) is 0 Å². The molecule has 2 rings (SSSR count). The van der Waals surface area contributed by atoms with Crippen molar-refractivity contribution in [2.24, 2.45) is 5.92 Å². The lowest BCUT2D eigenvalue weighted by Crippen LogP contribution is -2.44. The van der Waals surface area contributed by atoms with E-state index in [1.165, 1.54) is 25.1 Å². The van der Waals surface area contributed by atoms with Crippen LogP contribution in [0.3, 0.4) is 0 Å². The van der Waals surface area contributed by atoms with Gasteiger partial charge < -0.3 is 15.3 Å². The summed E-state index contributed by atoms with van der Waals surface area (Å²) >= 11 is 0. The standard InChI is InChI=1S/C15H21N3O3/c1-10(2)18(9-11-3-4-11)15(21)17-8-12-5-6-13(14(19)20)16-7-12/h5-7,10-11H,3-4,8-9H2,1-2H3,(H,17,21)(H,19,20). The highest BCUT2D eigenvalue weighted by Gasteiger charge is 2.28. The van der Waals surface area contributed by atoms with E-state index in [-0.39, 0.29) is 17.8 Å². The van der Waals surface area contributed by atoms with Gasteiger partial charge in [-0.3, -0.25) is 0 Å². The Morgan fingerprint density at radius 1 is 1.43 bits per heavy atom. The lowest BCUT2D eigenvalue weighted by Gasteiger charge is -2.27. The van der Waals surface area contributed by atoms with Gasteiger partial charge in [0.1, 0.15) is 5.69 Å². The maximum atomic E-state index is 12.2. The second-order valence-electron chi connectivity index (χ2n) is 5.71. The van der Waals surface area contributed by atoms with Gasteiger partial charge in [0.25, 0.3) is 0 Å². The Hall–Kier alpha value is -2.11. The first-order chi connectivity index (χ1) is 9.97. The number of nitrogens with zero attached hydrogens (tertiary/aromatic N) is 2. The fourth-order valence-electron chi connectivity index (χ4n) is 2.04. The van der Waals surface area contributed by atoms with E-state index in [2.05, 4.69) is 10.3 Å². The number of amides is 2. The van der Waals surface area contributed by atoms with Gasteiger partial charge in [-0.15, -0.1) is 0 Å². The first kappa shape index (κ1) is 15.3. The van der Waals surface area contributed by atoms with Crippen LogP contribution in [0.4, 0.5) is 4.79 Å². The van der Waals surface area contributed by atoms with Crippen LogP contribution in [0.2, 0.25) is 0 Å². The molecule has 0 atom stereocenters. The fourth-order valence-corrected chi connectivity index (χ4v) is 2.04. The van der Waals surface area contributed by atoms with Gasteiger partial charge in [0.2, 0.25) is 0 Å². The molecule has 0 saturated heterocycles. The molecule has 1 aliphatic rings. The molecule has 21 heavy (non-hydrogen) atoms. The predicted molar refractivity (Wildman–Crippen MR) is 78.0 cm³/mol. The number of nitrogens with one attached hydrogen (secondary N) is 1. The van der Waals surface area contributed by atoms with Gasteiger partial charge in [-0.25, -0.2) is 14.6 Å². The molecule has 2 amide bonds. The van der Waals surface area contributed by atoms with Gasteiger partial charge in [-0.05, 0) is 44.2 Å². The van der Waals surface area contributed by atoms with Crippen molar-refractivity contribution >= 4 is 12.0 Å². The number of aromatic nitrogens is 1. The van der Waals surface area contributed by atoms with E-state index in [0.717, 1.165) is 12.1 Å². The Bertz CT molecular complexity index is 509. The highest BCUT2D eigenvalue weighted by atomic mass is 16.4. The lowest BCUT2D eigenvalue weighted by molar-refractivity contribution is 0.0690. The number of urea groups is 1. The summed E-state index contributed by atoms with van der Waals surface area (Å²) in [5.74, 6) is -0.407. The van der Waals surface area contributed by atoms with Crippen LogP contribution in [0.5, 0.6) is 0 Å². The second kappa shape index (κ2) is 6.56. The summed E-state index contributed by atoms with van der Waals surface area (Å²) in [6, 6.07) is 3.18. The van der Waals surface area contributed by atoms with Crippen LogP contribution in [-0.4, -0.2) is 39.6 Å². The summed E-state index contributed by atoms with van der Waals surface area (Å²) in [6.07, 6.45) is 3.89. The molecule has 1 fully saturated rings. The van der Waals surface area contributed by atoms with Crippen molar-refractivity contribution in [2.75, 3.05) is 6.54 Å². The number of carboxylic acid groups (broad SMARTS) is 1. The third-order valence-electron chi connectivity index (χ3n) is 3.52. The van der Waals surface area contributed by atoms with Gasteiger partial charge in [-0.1, -0.05) is 6.07 Å². The van der Waals surface area contributed by atoms with Crippen molar-refractivity contribution in [1.82, 2.24) is 15.2 Å². The van der Waals surface area contributed by atoms with E-state index in [1.807, 2.05) is 18.7 Å². The lowest BCUT2D eigenvalue weighted by atomic mass is 10.2. The maximum Gasteiger partial charge on any atom is 0.354 e. The Balaban J connectivity index is 1.88. The molecule has 0 aliphatic heterocycles. The summed E-state index contributed by atoms with van der Waals surface area (Å²) in [5, 5.41) is 11.6. The molecule has 114 valence electrons. The molecule has 6 nitrogen and oxygen atoms in total. The second-order valence-corrected chi connectivity index (χ2v) is 5.71. The van der Waals surface area contributed by atoms with Crippen LogP contribution in [0, 0.1) is 5.92 Å². The summed E-state index contributed by atoms with van der Waals surface area (Å²) in [7, 11) is 0. The summed E-state index contributed by atoms with van der Waals surface area (Å²) in [5.41, 5.74) is 0.783. The fraction of sp³-hybridized carbons (Fsp3) is 0.533. The molecule has 1 aromatic heterocycles. The van der Waals surface area contributed by atoms with Crippen LogP contribution in [0.15, 0.2) is 18.3 Å². The van der Waals surface area contributed by atoms with Crippen molar-refractivity contribution in [3.05, 3.63) is 29.6 Å². The van der Waals surface area contributed by atoms with Crippen molar-refractivity contribution in [3.63, 3.8) is 0 Å². The van der Waals surface area contributed by atoms with Crippen molar-refractivity contribution in [2.45, 2.75) is 39.3 Å². The molecular weight excluding hydrogens is 270 g/mol. The third-order valence-corrected chi connectivity index (χ3v) is 3.52. The monoisotopic (exact) mass is 291 g/mol. The molecule has 0 radical (unpaired) electrons. The smallest absolute Gasteiger partial charge is 0.354 e. The molecule has 1 aromatic rings. The zero-order valence-electron chi connectivity index (χ0n) is 12.4. The quantitative estimate of drug-likeness (QED) is 0.841. The maximum absolute atomic E-state index is 12.2. The topological polar surface area (TPSA) is 82.5 Å². The summed E-state index contributed by atoms with van der Waals surface area (Å²) in [6.45, 7) is 5.16. The Morgan fingerprint density at radius 2 is 2.14 bits per heavy atom. The average Bonchev–Trinajstić information content (AvgIpc) is 3.26. The van der Waals surface area contributed by atoms with E-state index in [1.54, 1.807) is 6.07 Å².